The average Bonchev–Trinajstić information content (AvgIpc) is 2.17. The second-order valence-electron chi connectivity index (χ2n) is 2.65. The van der Waals surface area contributed by atoms with E-state index in [1.54, 1.807) is 6.07 Å². The molecule has 0 aliphatic rings. The van der Waals surface area contributed by atoms with E-state index >= 15 is 0 Å². The molecule has 0 aliphatic carbocycles. The number of nitriles is 1. The molecular weight excluding hydrogens is 264 g/mol. The fraction of sp³-hybridized carbons (Fsp3) is 0.111. The van der Waals surface area contributed by atoms with Crippen molar-refractivity contribution in [1.29, 1.82) is 5.26 Å². The molecule has 0 N–H and O–H groups in total. The van der Waals surface area contributed by atoms with Gasteiger partial charge in [0, 0.05) is 11.6 Å². The van der Waals surface area contributed by atoms with Gasteiger partial charge in [0.2, 0.25) is 0 Å². The zero-order valence-electron chi connectivity index (χ0n) is 7.44. The second kappa shape index (κ2) is 4.66. The molecule has 0 saturated heterocycles. The molecule has 0 saturated carbocycles. The van der Waals surface area contributed by atoms with Crippen molar-refractivity contribution >= 4 is 27.4 Å². The molecule has 0 fully saturated rings. The van der Waals surface area contributed by atoms with Gasteiger partial charge in [-0.05, 0) is 22.0 Å². The molecule has 6 heteroatoms. The standard InChI is InChI=1S/C9H5BrN2O3/c10-9-6(8(13)4-5-11)2-1-3-7(9)12(14)15/h1-3H,4H2. The lowest BCUT2D eigenvalue weighted by Crippen LogP contribution is -2.01. The molecule has 5 nitrogen and oxygen atoms in total. The van der Waals surface area contributed by atoms with E-state index in [0.717, 1.165) is 0 Å². The van der Waals surface area contributed by atoms with Gasteiger partial charge in [-0.15, -0.1) is 0 Å². The quantitative estimate of drug-likeness (QED) is 0.479. The molecule has 0 radical (unpaired) electrons. The van der Waals surface area contributed by atoms with Gasteiger partial charge >= 0.3 is 0 Å². The van der Waals surface area contributed by atoms with Crippen LogP contribution in [0.2, 0.25) is 0 Å². The van der Waals surface area contributed by atoms with Crippen LogP contribution in [0.5, 0.6) is 0 Å². The summed E-state index contributed by atoms with van der Waals surface area (Å²) >= 11 is 2.98. The van der Waals surface area contributed by atoms with Crippen molar-refractivity contribution in [3.63, 3.8) is 0 Å². The van der Waals surface area contributed by atoms with Gasteiger partial charge in [0.1, 0.15) is 4.47 Å². The monoisotopic (exact) mass is 268 g/mol. The van der Waals surface area contributed by atoms with Crippen LogP contribution in [0.15, 0.2) is 22.7 Å². The highest BCUT2D eigenvalue weighted by Crippen LogP contribution is 2.28. The maximum Gasteiger partial charge on any atom is 0.284 e. The van der Waals surface area contributed by atoms with Crippen LogP contribution in [0.4, 0.5) is 5.69 Å². The molecule has 0 amide bonds. The van der Waals surface area contributed by atoms with Crippen LogP contribution in [0.1, 0.15) is 16.8 Å². The Bertz CT molecular complexity index is 465. The van der Waals surface area contributed by atoms with Crippen LogP contribution >= 0.6 is 15.9 Å². The summed E-state index contributed by atoms with van der Waals surface area (Å²) in [6.45, 7) is 0. The number of carbonyl (C=O) groups excluding carboxylic acids is 1. The highest BCUT2D eigenvalue weighted by molar-refractivity contribution is 9.10. The number of hydrogen-bond acceptors (Lipinski definition) is 4. The lowest BCUT2D eigenvalue weighted by Gasteiger charge is -2.00. The third-order valence-electron chi connectivity index (χ3n) is 1.72. The first-order valence-corrected chi connectivity index (χ1v) is 4.70. The molecular formula is C9H5BrN2O3. The van der Waals surface area contributed by atoms with Crippen molar-refractivity contribution < 1.29 is 9.72 Å². The first-order chi connectivity index (χ1) is 7.07. The lowest BCUT2D eigenvalue weighted by molar-refractivity contribution is -0.385. The largest absolute Gasteiger partial charge is 0.293 e. The summed E-state index contributed by atoms with van der Waals surface area (Å²) in [5.74, 6) is -0.437. The Labute approximate surface area is 93.6 Å². The Balaban J connectivity index is 3.22. The van der Waals surface area contributed by atoms with E-state index in [2.05, 4.69) is 15.9 Å². The van der Waals surface area contributed by atoms with Gasteiger partial charge in [-0.2, -0.15) is 5.26 Å². The summed E-state index contributed by atoms with van der Waals surface area (Å²) in [4.78, 5) is 21.3. The van der Waals surface area contributed by atoms with Crippen LogP contribution in [-0.4, -0.2) is 10.7 Å². The number of nitro benzene ring substituents is 1. The molecule has 0 bridgehead atoms. The van der Waals surface area contributed by atoms with Gasteiger partial charge in [0.25, 0.3) is 5.69 Å². The summed E-state index contributed by atoms with van der Waals surface area (Å²) < 4.78 is 0.121. The molecule has 0 atom stereocenters. The fourth-order valence-electron chi connectivity index (χ4n) is 1.04. The highest BCUT2D eigenvalue weighted by Gasteiger charge is 2.18. The predicted molar refractivity (Wildman–Crippen MR) is 55.4 cm³/mol. The Morgan fingerprint density at radius 3 is 2.80 bits per heavy atom. The van der Waals surface area contributed by atoms with E-state index < -0.39 is 10.7 Å². The number of Topliss-reactive ketones (excluding diaryl/α,β-unsaturated/α-hetero) is 1. The first-order valence-electron chi connectivity index (χ1n) is 3.91. The summed E-state index contributed by atoms with van der Waals surface area (Å²) in [6.07, 6.45) is -0.292. The number of halogens is 1. The number of nitrogens with zero attached hydrogens (tertiary/aromatic N) is 2. The number of ketones is 1. The molecule has 0 aliphatic heterocycles. The Hall–Kier alpha value is -1.74. The molecule has 1 rings (SSSR count). The van der Waals surface area contributed by atoms with Crippen LogP contribution in [0.3, 0.4) is 0 Å². The SMILES string of the molecule is N#CCC(=O)c1cccc([N+](=O)[O-])c1Br. The van der Waals surface area contributed by atoms with Crippen molar-refractivity contribution in [2.45, 2.75) is 6.42 Å². The molecule has 1 aromatic rings. The van der Waals surface area contributed by atoms with E-state index in [1.165, 1.54) is 18.2 Å². The highest BCUT2D eigenvalue weighted by atomic mass is 79.9. The Morgan fingerprint density at radius 1 is 1.60 bits per heavy atom. The van der Waals surface area contributed by atoms with E-state index in [1.807, 2.05) is 0 Å². The number of carbonyl (C=O) groups is 1. The first kappa shape index (κ1) is 11.3. The van der Waals surface area contributed by atoms with Gasteiger partial charge in [-0.3, -0.25) is 14.9 Å². The predicted octanol–water partition coefficient (Wildman–Crippen LogP) is 2.45. The molecule has 0 spiro atoms. The van der Waals surface area contributed by atoms with Crippen LogP contribution in [0.25, 0.3) is 0 Å². The van der Waals surface area contributed by atoms with Crippen LogP contribution in [-0.2, 0) is 0 Å². The molecule has 15 heavy (non-hydrogen) atoms. The molecule has 0 aromatic heterocycles. The van der Waals surface area contributed by atoms with E-state index in [4.69, 9.17) is 5.26 Å². The van der Waals surface area contributed by atoms with E-state index in [-0.39, 0.29) is 22.1 Å². The number of benzene rings is 1. The third-order valence-corrected chi connectivity index (χ3v) is 2.55. The van der Waals surface area contributed by atoms with Crippen molar-refractivity contribution in [3.8, 4) is 6.07 Å². The summed E-state index contributed by atoms with van der Waals surface area (Å²) in [6, 6.07) is 5.84. The maximum absolute atomic E-state index is 11.4. The van der Waals surface area contributed by atoms with Crippen molar-refractivity contribution in [1.82, 2.24) is 0 Å². The van der Waals surface area contributed by atoms with Crippen molar-refractivity contribution in [2.75, 3.05) is 0 Å². The van der Waals surface area contributed by atoms with Crippen LogP contribution < -0.4 is 0 Å². The van der Waals surface area contributed by atoms with Crippen molar-refractivity contribution in [2.24, 2.45) is 0 Å². The maximum atomic E-state index is 11.4. The van der Waals surface area contributed by atoms with Gasteiger partial charge in [0.15, 0.2) is 5.78 Å². The topological polar surface area (TPSA) is 84.0 Å². The minimum Gasteiger partial charge on any atom is -0.293 e. The van der Waals surface area contributed by atoms with Gasteiger partial charge < -0.3 is 0 Å². The van der Waals surface area contributed by atoms with Gasteiger partial charge in [0.05, 0.1) is 17.4 Å². The Kier molecular flexibility index (Phi) is 3.52. The summed E-state index contributed by atoms with van der Waals surface area (Å²) in [5, 5.41) is 18.9. The lowest BCUT2D eigenvalue weighted by atomic mass is 10.1. The Morgan fingerprint density at radius 2 is 2.27 bits per heavy atom. The third kappa shape index (κ3) is 2.39. The molecule has 76 valence electrons. The average molecular weight is 269 g/mol. The van der Waals surface area contributed by atoms with E-state index in [0.29, 0.717) is 0 Å². The molecule has 0 heterocycles. The van der Waals surface area contributed by atoms with E-state index in [9.17, 15) is 14.9 Å². The summed E-state index contributed by atoms with van der Waals surface area (Å²) in [7, 11) is 0. The molecule has 0 unspecified atom stereocenters. The molecule has 1 aromatic carbocycles. The normalized spacial score (nSPS) is 9.33. The summed E-state index contributed by atoms with van der Waals surface area (Å²) in [5.41, 5.74) is -0.0236. The zero-order valence-corrected chi connectivity index (χ0v) is 9.02. The second-order valence-corrected chi connectivity index (χ2v) is 3.45. The van der Waals surface area contributed by atoms with Gasteiger partial charge in [-0.1, -0.05) is 6.07 Å². The fourth-order valence-corrected chi connectivity index (χ4v) is 1.67. The number of nitro groups is 1. The smallest absolute Gasteiger partial charge is 0.284 e. The number of rotatable bonds is 3. The minimum absolute atomic E-state index is 0.121. The zero-order chi connectivity index (χ0) is 11.4. The number of hydrogen-bond donors (Lipinski definition) is 0. The van der Waals surface area contributed by atoms with Gasteiger partial charge in [-0.25, -0.2) is 0 Å². The van der Waals surface area contributed by atoms with Crippen molar-refractivity contribution in [3.05, 3.63) is 38.3 Å². The van der Waals surface area contributed by atoms with Crippen LogP contribution in [0, 0.1) is 21.4 Å². The minimum atomic E-state index is -0.590.